The summed E-state index contributed by atoms with van der Waals surface area (Å²) in [6, 6.07) is 3.42. The minimum atomic E-state index is -0.301. The predicted octanol–water partition coefficient (Wildman–Crippen LogP) is 0.736. The van der Waals surface area contributed by atoms with Gasteiger partial charge in [-0.15, -0.1) is 0 Å². The Morgan fingerprint density at radius 1 is 1.32 bits per heavy atom. The monoisotopic (exact) mass is 297 g/mol. The van der Waals surface area contributed by atoms with Crippen LogP contribution in [0.2, 0.25) is 0 Å². The first kappa shape index (κ1) is 13.9. The summed E-state index contributed by atoms with van der Waals surface area (Å²) in [7, 11) is 0. The third kappa shape index (κ3) is 3.00. The van der Waals surface area contributed by atoms with Crippen LogP contribution in [-0.4, -0.2) is 35.2 Å². The predicted molar refractivity (Wildman–Crippen MR) is 77.9 cm³/mol. The molecular weight excluding hydrogens is 282 g/mol. The van der Waals surface area contributed by atoms with Crippen LogP contribution in [0.5, 0.6) is 0 Å². The zero-order chi connectivity index (χ0) is 15.4. The van der Waals surface area contributed by atoms with Crippen molar-refractivity contribution in [1.29, 1.82) is 0 Å². The van der Waals surface area contributed by atoms with Crippen molar-refractivity contribution in [2.24, 2.45) is 0 Å². The molecule has 1 amide bonds. The van der Waals surface area contributed by atoms with Gasteiger partial charge in [-0.2, -0.15) is 5.10 Å². The number of hydrogen-bond acceptors (Lipinski definition) is 5. The first-order valence-corrected chi connectivity index (χ1v) is 6.79. The van der Waals surface area contributed by atoms with Gasteiger partial charge < -0.3 is 9.88 Å². The highest BCUT2D eigenvalue weighted by molar-refractivity contribution is 5.79. The van der Waals surface area contributed by atoms with E-state index in [0.717, 1.165) is 5.56 Å². The van der Waals surface area contributed by atoms with Gasteiger partial charge in [0.2, 0.25) is 5.91 Å². The van der Waals surface area contributed by atoms with Crippen LogP contribution in [-0.2, 0) is 11.3 Å². The smallest absolute Gasteiger partial charge is 0.243 e. The molecule has 0 aliphatic carbocycles. The Kier molecular flexibility index (Phi) is 3.90. The van der Waals surface area contributed by atoms with Gasteiger partial charge in [0.25, 0.3) is 0 Å². The molecule has 0 aliphatic heterocycles. The maximum Gasteiger partial charge on any atom is 0.243 e. The Morgan fingerprint density at radius 3 is 2.86 bits per heavy atom. The molecular formula is C14H15N7O. The van der Waals surface area contributed by atoms with Gasteiger partial charge in [0.1, 0.15) is 18.7 Å². The van der Waals surface area contributed by atoms with Crippen LogP contribution in [0.1, 0.15) is 18.5 Å². The summed E-state index contributed by atoms with van der Waals surface area (Å²) in [5.74, 6) is 0.609. The quantitative estimate of drug-likeness (QED) is 0.750. The highest BCUT2D eigenvalue weighted by atomic mass is 16.2. The summed E-state index contributed by atoms with van der Waals surface area (Å²) < 4.78 is 3.32. The Balaban J connectivity index is 1.58. The van der Waals surface area contributed by atoms with E-state index in [1.54, 1.807) is 40.5 Å². The minimum absolute atomic E-state index is 0.0710. The van der Waals surface area contributed by atoms with Gasteiger partial charge in [0.05, 0.1) is 6.33 Å². The molecule has 0 radical (unpaired) electrons. The van der Waals surface area contributed by atoms with E-state index in [9.17, 15) is 4.79 Å². The van der Waals surface area contributed by atoms with Crippen molar-refractivity contribution in [3.8, 4) is 5.82 Å². The fourth-order valence-corrected chi connectivity index (χ4v) is 1.95. The first-order valence-electron chi connectivity index (χ1n) is 6.79. The van der Waals surface area contributed by atoms with Gasteiger partial charge in [-0.05, 0) is 18.6 Å². The lowest BCUT2D eigenvalue weighted by Gasteiger charge is -2.13. The number of carbonyl (C=O) groups is 1. The molecule has 0 aromatic carbocycles. The number of rotatable bonds is 5. The lowest BCUT2D eigenvalue weighted by Crippen LogP contribution is -2.30. The number of nitrogens with zero attached hydrogens (tertiary/aromatic N) is 6. The summed E-state index contributed by atoms with van der Waals surface area (Å²) in [5, 5.41) is 6.89. The van der Waals surface area contributed by atoms with E-state index in [-0.39, 0.29) is 11.9 Å². The Bertz CT molecular complexity index is 719. The van der Waals surface area contributed by atoms with Crippen molar-refractivity contribution in [2.45, 2.75) is 19.5 Å². The van der Waals surface area contributed by atoms with Crippen molar-refractivity contribution in [3.63, 3.8) is 0 Å². The molecule has 0 saturated carbocycles. The molecule has 112 valence electrons. The van der Waals surface area contributed by atoms with Crippen LogP contribution in [0.3, 0.4) is 0 Å². The molecule has 1 N–H and O–H groups in total. The topological polar surface area (TPSA) is 90.5 Å². The largest absolute Gasteiger partial charge is 0.350 e. The number of aromatic nitrogens is 6. The molecule has 3 aromatic heterocycles. The zero-order valence-corrected chi connectivity index (χ0v) is 12.0. The van der Waals surface area contributed by atoms with Gasteiger partial charge in [-0.3, -0.25) is 4.79 Å². The Morgan fingerprint density at radius 2 is 2.23 bits per heavy atom. The molecule has 3 rings (SSSR count). The van der Waals surface area contributed by atoms with E-state index in [1.807, 2.05) is 19.1 Å². The number of imidazole rings is 1. The van der Waals surface area contributed by atoms with E-state index in [4.69, 9.17) is 0 Å². The van der Waals surface area contributed by atoms with Gasteiger partial charge in [0, 0.05) is 25.1 Å². The number of nitrogens with one attached hydrogen (secondary N) is 1. The van der Waals surface area contributed by atoms with Crippen molar-refractivity contribution < 1.29 is 4.79 Å². The number of carbonyl (C=O) groups excluding carboxylic acids is 1. The molecule has 0 spiro atoms. The highest BCUT2D eigenvalue weighted by Gasteiger charge is 2.13. The summed E-state index contributed by atoms with van der Waals surface area (Å²) >= 11 is 0. The SMILES string of the molecule is C[C@@H](C(=O)NCc1ccc(-n2cncn2)nc1)n1ccnc1. The number of amides is 1. The third-order valence-electron chi connectivity index (χ3n) is 3.28. The van der Waals surface area contributed by atoms with E-state index >= 15 is 0 Å². The van der Waals surface area contributed by atoms with Crippen molar-refractivity contribution in [3.05, 3.63) is 55.3 Å². The molecule has 0 saturated heterocycles. The number of pyridine rings is 1. The molecule has 0 bridgehead atoms. The number of hydrogen-bond donors (Lipinski definition) is 1. The molecule has 8 heteroatoms. The van der Waals surface area contributed by atoms with Crippen LogP contribution < -0.4 is 5.32 Å². The molecule has 22 heavy (non-hydrogen) atoms. The molecule has 0 aliphatic rings. The summed E-state index contributed by atoms with van der Waals surface area (Å²) in [6.07, 6.45) is 9.77. The normalized spacial score (nSPS) is 12.0. The molecule has 8 nitrogen and oxygen atoms in total. The lowest BCUT2D eigenvalue weighted by atomic mass is 10.2. The van der Waals surface area contributed by atoms with Crippen LogP contribution in [0, 0.1) is 0 Å². The van der Waals surface area contributed by atoms with Crippen molar-refractivity contribution >= 4 is 5.91 Å². The van der Waals surface area contributed by atoms with Crippen LogP contribution in [0.4, 0.5) is 0 Å². The standard InChI is InChI=1S/C14H15N7O/c1-11(20-5-4-15-9-20)14(22)18-7-12-2-3-13(17-6-12)21-10-16-8-19-21/h2-6,8-11H,7H2,1H3,(H,18,22)/t11-/m0/s1. The second kappa shape index (κ2) is 6.17. The third-order valence-corrected chi connectivity index (χ3v) is 3.28. The van der Waals surface area contributed by atoms with Crippen LogP contribution >= 0.6 is 0 Å². The van der Waals surface area contributed by atoms with Crippen molar-refractivity contribution in [2.75, 3.05) is 0 Å². The summed E-state index contributed by atoms with van der Waals surface area (Å²) in [4.78, 5) is 24.2. The molecule has 0 fully saturated rings. The molecule has 1 atom stereocenters. The highest BCUT2D eigenvalue weighted by Crippen LogP contribution is 2.06. The van der Waals surface area contributed by atoms with E-state index in [0.29, 0.717) is 12.4 Å². The van der Waals surface area contributed by atoms with Gasteiger partial charge in [0.15, 0.2) is 5.82 Å². The molecule has 3 heterocycles. The fraction of sp³-hybridized carbons (Fsp3) is 0.214. The fourth-order valence-electron chi connectivity index (χ4n) is 1.95. The first-order chi connectivity index (χ1) is 10.7. The maximum absolute atomic E-state index is 12.1. The summed E-state index contributed by atoms with van der Waals surface area (Å²) in [5.41, 5.74) is 0.912. The van der Waals surface area contributed by atoms with Crippen molar-refractivity contribution in [1.82, 2.24) is 34.6 Å². The Hall–Kier alpha value is -3.03. The van der Waals surface area contributed by atoms with E-state index in [2.05, 4.69) is 25.4 Å². The van der Waals surface area contributed by atoms with E-state index < -0.39 is 0 Å². The minimum Gasteiger partial charge on any atom is -0.350 e. The van der Waals surface area contributed by atoms with Gasteiger partial charge in [-0.25, -0.2) is 19.6 Å². The molecule has 0 unspecified atom stereocenters. The van der Waals surface area contributed by atoms with Gasteiger partial charge in [-0.1, -0.05) is 6.07 Å². The Labute approximate surface area is 126 Å². The van der Waals surface area contributed by atoms with Crippen LogP contribution in [0.25, 0.3) is 5.82 Å². The summed E-state index contributed by atoms with van der Waals surface area (Å²) in [6.45, 7) is 2.24. The molecule has 3 aromatic rings. The van der Waals surface area contributed by atoms with E-state index in [1.165, 1.54) is 6.33 Å². The second-order valence-corrected chi connectivity index (χ2v) is 4.77. The average Bonchev–Trinajstić information content (AvgIpc) is 3.25. The second-order valence-electron chi connectivity index (χ2n) is 4.77. The van der Waals surface area contributed by atoms with Gasteiger partial charge >= 0.3 is 0 Å². The average molecular weight is 297 g/mol. The zero-order valence-electron chi connectivity index (χ0n) is 12.0. The lowest BCUT2D eigenvalue weighted by molar-refractivity contribution is -0.124. The van der Waals surface area contributed by atoms with Crippen LogP contribution in [0.15, 0.2) is 49.7 Å². The maximum atomic E-state index is 12.1.